The fourth-order valence-corrected chi connectivity index (χ4v) is 5.93. The summed E-state index contributed by atoms with van der Waals surface area (Å²) in [6, 6.07) is 12.0. The van der Waals surface area contributed by atoms with Gasteiger partial charge in [0.2, 0.25) is 11.8 Å². The Hall–Kier alpha value is -2.05. The van der Waals surface area contributed by atoms with E-state index in [-0.39, 0.29) is 29.4 Å². The number of halogens is 2. The van der Waals surface area contributed by atoms with Crippen molar-refractivity contribution in [3.8, 4) is 0 Å². The van der Waals surface area contributed by atoms with Crippen LogP contribution in [-0.4, -0.2) is 23.1 Å². The van der Waals surface area contributed by atoms with E-state index >= 15 is 0 Å². The average molecular weight is 475 g/mol. The Morgan fingerprint density at radius 1 is 1.22 bits per heavy atom. The summed E-state index contributed by atoms with van der Waals surface area (Å²) in [5, 5.41) is 2.92. The van der Waals surface area contributed by atoms with E-state index in [9.17, 15) is 14.0 Å². The molecule has 2 aromatic rings. The molecule has 4 nitrogen and oxygen atoms in total. The van der Waals surface area contributed by atoms with Crippen LogP contribution >= 0.6 is 23.4 Å². The summed E-state index contributed by atoms with van der Waals surface area (Å²) in [5.74, 6) is -0.394. The standard InChI is InChI=1S/C25H28ClFN2O2S/c1-15-7-11-19(12-8-15)28-24(30)16(2)23-25(31)29(21-5-3-4-6-22(21)32-23)14-17-9-10-18(27)13-20(17)26/h3-6,9-10,13,15-16,19,23H,7-8,11-12,14H2,1-2H3,(H,28,30). The molecule has 2 unspecified atom stereocenters. The number of carbonyl (C=O) groups is 2. The van der Waals surface area contributed by atoms with E-state index in [2.05, 4.69) is 12.2 Å². The minimum absolute atomic E-state index is 0.0745. The average Bonchev–Trinajstić information content (AvgIpc) is 2.78. The second-order valence-electron chi connectivity index (χ2n) is 8.92. The second kappa shape index (κ2) is 9.84. The van der Waals surface area contributed by atoms with Crippen molar-refractivity contribution in [3.05, 3.63) is 58.9 Å². The van der Waals surface area contributed by atoms with Crippen molar-refractivity contribution in [3.63, 3.8) is 0 Å². The molecule has 1 N–H and O–H groups in total. The van der Waals surface area contributed by atoms with Gasteiger partial charge < -0.3 is 10.2 Å². The minimum atomic E-state index is -0.536. The molecule has 7 heteroatoms. The second-order valence-corrected chi connectivity index (χ2v) is 10.5. The number of nitrogens with one attached hydrogen (secondary N) is 1. The monoisotopic (exact) mass is 474 g/mol. The summed E-state index contributed by atoms with van der Waals surface area (Å²) in [6.07, 6.45) is 4.22. The molecule has 170 valence electrons. The van der Waals surface area contributed by atoms with Crippen molar-refractivity contribution in [2.45, 2.75) is 62.3 Å². The molecule has 0 spiro atoms. The van der Waals surface area contributed by atoms with Gasteiger partial charge in [-0.2, -0.15) is 0 Å². The molecule has 2 aliphatic rings. The molecule has 1 fully saturated rings. The number of para-hydroxylation sites is 1. The van der Waals surface area contributed by atoms with E-state index in [1.54, 1.807) is 11.0 Å². The maximum absolute atomic E-state index is 13.6. The van der Waals surface area contributed by atoms with Crippen molar-refractivity contribution >= 4 is 40.9 Å². The lowest BCUT2D eigenvalue weighted by atomic mass is 9.87. The SMILES string of the molecule is CC1CCC(NC(=O)C(C)C2Sc3ccccc3N(Cc3ccc(F)cc3Cl)C2=O)CC1. The molecular formula is C25H28ClFN2O2S. The van der Waals surface area contributed by atoms with Crippen LogP contribution in [0.1, 0.15) is 45.1 Å². The van der Waals surface area contributed by atoms with Crippen molar-refractivity contribution in [2.24, 2.45) is 11.8 Å². The number of fused-ring (bicyclic) bond motifs is 1. The van der Waals surface area contributed by atoms with E-state index in [0.717, 1.165) is 36.3 Å². The predicted molar refractivity (Wildman–Crippen MR) is 127 cm³/mol. The quantitative estimate of drug-likeness (QED) is 0.594. The molecule has 2 aromatic carbocycles. The highest BCUT2D eigenvalue weighted by molar-refractivity contribution is 8.01. The number of nitrogens with zero attached hydrogens (tertiary/aromatic N) is 1. The van der Waals surface area contributed by atoms with Crippen LogP contribution in [0.4, 0.5) is 10.1 Å². The zero-order valence-corrected chi connectivity index (χ0v) is 19.9. The van der Waals surface area contributed by atoms with Gasteiger partial charge in [-0.15, -0.1) is 11.8 Å². The smallest absolute Gasteiger partial charge is 0.241 e. The maximum atomic E-state index is 13.6. The third-order valence-electron chi connectivity index (χ3n) is 6.49. The van der Waals surface area contributed by atoms with Crippen LogP contribution in [0.3, 0.4) is 0 Å². The molecule has 32 heavy (non-hydrogen) atoms. The number of rotatable bonds is 5. The molecule has 1 aliphatic heterocycles. The highest BCUT2D eigenvalue weighted by Gasteiger charge is 2.40. The third kappa shape index (κ3) is 4.96. The van der Waals surface area contributed by atoms with Gasteiger partial charge in [-0.25, -0.2) is 4.39 Å². The van der Waals surface area contributed by atoms with E-state index in [4.69, 9.17) is 11.6 Å². The van der Waals surface area contributed by atoms with E-state index in [1.807, 2.05) is 31.2 Å². The van der Waals surface area contributed by atoms with Crippen LogP contribution < -0.4 is 10.2 Å². The Morgan fingerprint density at radius 2 is 1.94 bits per heavy atom. The van der Waals surface area contributed by atoms with Gasteiger partial charge in [-0.05, 0) is 61.4 Å². The minimum Gasteiger partial charge on any atom is -0.353 e. The Kier molecular flexibility index (Phi) is 7.11. The Balaban J connectivity index is 1.54. The number of thioether (sulfide) groups is 1. The molecule has 2 amide bonds. The predicted octanol–water partition coefficient (Wildman–Crippen LogP) is 5.82. The fourth-order valence-electron chi connectivity index (χ4n) is 4.41. The normalized spacial score (nSPS) is 24.1. The van der Waals surface area contributed by atoms with Crippen LogP contribution in [0.2, 0.25) is 5.02 Å². The summed E-state index contributed by atoms with van der Waals surface area (Å²) in [6.45, 7) is 4.30. The molecule has 4 rings (SSSR count). The number of benzene rings is 2. The zero-order valence-electron chi connectivity index (χ0n) is 18.3. The van der Waals surface area contributed by atoms with Gasteiger partial charge in [0.15, 0.2) is 0 Å². The largest absolute Gasteiger partial charge is 0.353 e. The number of anilines is 1. The Morgan fingerprint density at radius 3 is 2.66 bits per heavy atom. The van der Waals surface area contributed by atoms with Gasteiger partial charge in [0, 0.05) is 16.0 Å². The van der Waals surface area contributed by atoms with Gasteiger partial charge in [0.25, 0.3) is 0 Å². The molecule has 0 radical (unpaired) electrons. The van der Waals surface area contributed by atoms with E-state index in [0.29, 0.717) is 11.5 Å². The first-order valence-electron chi connectivity index (χ1n) is 11.1. The number of hydrogen-bond acceptors (Lipinski definition) is 3. The van der Waals surface area contributed by atoms with Gasteiger partial charge in [0.05, 0.1) is 18.2 Å². The summed E-state index contributed by atoms with van der Waals surface area (Å²) < 4.78 is 13.5. The summed E-state index contributed by atoms with van der Waals surface area (Å²) >= 11 is 7.68. The lowest BCUT2D eigenvalue weighted by molar-refractivity contribution is -0.129. The lowest BCUT2D eigenvalue weighted by Crippen LogP contribution is -2.49. The zero-order chi connectivity index (χ0) is 22.8. The lowest BCUT2D eigenvalue weighted by Gasteiger charge is -2.36. The first kappa shape index (κ1) is 23.1. The summed E-state index contributed by atoms with van der Waals surface area (Å²) in [4.78, 5) is 29.2. The van der Waals surface area contributed by atoms with Crippen LogP contribution in [0.5, 0.6) is 0 Å². The van der Waals surface area contributed by atoms with Gasteiger partial charge in [-0.3, -0.25) is 9.59 Å². The van der Waals surface area contributed by atoms with E-state index < -0.39 is 17.0 Å². The molecule has 1 heterocycles. The molecule has 0 saturated heterocycles. The van der Waals surface area contributed by atoms with Crippen molar-refractivity contribution in [1.82, 2.24) is 5.32 Å². The van der Waals surface area contributed by atoms with Crippen LogP contribution in [-0.2, 0) is 16.1 Å². The van der Waals surface area contributed by atoms with Crippen LogP contribution in [0.25, 0.3) is 0 Å². The fraction of sp³-hybridized carbons (Fsp3) is 0.440. The Bertz CT molecular complexity index is 1010. The molecule has 2 atom stereocenters. The van der Waals surface area contributed by atoms with Crippen molar-refractivity contribution < 1.29 is 14.0 Å². The highest BCUT2D eigenvalue weighted by Crippen LogP contribution is 2.42. The first-order valence-corrected chi connectivity index (χ1v) is 12.4. The van der Waals surface area contributed by atoms with Crippen molar-refractivity contribution in [2.75, 3.05) is 4.90 Å². The molecule has 0 bridgehead atoms. The topological polar surface area (TPSA) is 49.4 Å². The number of hydrogen-bond donors (Lipinski definition) is 1. The van der Waals surface area contributed by atoms with Crippen molar-refractivity contribution in [1.29, 1.82) is 0 Å². The first-order chi connectivity index (χ1) is 15.3. The molecule has 0 aromatic heterocycles. The molecule has 1 aliphatic carbocycles. The third-order valence-corrected chi connectivity index (χ3v) is 8.31. The number of carbonyl (C=O) groups excluding carboxylic acids is 2. The molecular weight excluding hydrogens is 447 g/mol. The van der Waals surface area contributed by atoms with E-state index in [1.165, 1.54) is 23.9 Å². The van der Waals surface area contributed by atoms with Crippen LogP contribution in [0, 0.1) is 17.7 Å². The highest BCUT2D eigenvalue weighted by atomic mass is 35.5. The summed E-state index contributed by atoms with van der Waals surface area (Å²) in [5.41, 5.74) is 1.45. The summed E-state index contributed by atoms with van der Waals surface area (Å²) in [7, 11) is 0. The number of amides is 2. The Labute approximate surface area is 197 Å². The van der Waals surface area contributed by atoms with Gasteiger partial charge in [-0.1, -0.05) is 43.6 Å². The maximum Gasteiger partial charge on any atom is 0.241 e. The van der Waals surface area contributed by atoms with Crippen LogP contribution in [0.15, 0.2) is 47.4 Å². The van der Waals surface area contributed by atoms with Gasteiger partial charge in [0.1, 0.15) is 11.1 Å². The van der Waals surface area contributed by atoms with Gasteiger partial charge >= 0.3 is 0 Å². The molecule has 1 saturated carbocycles.